The van der Waals surface area contributed by atoms with E-state index < -0.39 is 0 Å². The Morgan fingerprint density at radius 3 is 2.75 bits per heavy atom. The SMILES string of the molecule is O=C(CCl)c1cc(Cl)cnc1Cl. The Bertz CT molecular complexity index is 314. The number of carbonyl (C=O) groups is 1. The van der Waals surface area contributed by atoms with Crippen molar-refractivity contribution in [1.29, 1.82) is 0 Å². The van der Waals surface area contributed by atoms with E-state index in [1.165, 1.54) is 12.3 Å². The average Bonchev–Trinajstić information content (AvgIpc) is 2.08. The maximum Gasteiger partial charge on any atom is 0.180 e. The molecule has 0 bridgehead atoms. The van der Waals surface area contributed by atoms with Gasteiger partial charge in [0.25, 0.3) is 0 Å². The van der Waals surface area contributed by atoms with Gasteiger partial charge in [-0.3, -0.25) is 4.79 Å². The molecule has 0 aliphatic rings. The molecule has 0 atom stereocenters. The molecule has 0 aliphatic carbocycles. The van der Waals surface area contributed by atoms with Gasteiger partial charge in [0.2, 0.25) is 0 Å². The van der Waals surface area contributed by atoms with Gasteiger partial charge in [-0.1, -0.05) is 23.2 Å². The van der Waals surface area contributed by atoms with E-state index in [9.17, 15) is 4.79 Å². The van der Waals surface area contributed by atoms with E-state index in [0.717, 1.165) is 0 Å². The highest BCUT2D eigenvalue weighted by Gasteiger charge is 2.10. The molecule has 1 heterocycles. The van der Waals surface area contributed by atoms with Crippen LogP contribution in [0.2, 0.25) is 10.2 Å². The summed E-state index contributed by atoms with van der Waals surface area (Å²) in [6, 6.07) is 1.45. The van der Waals surface area contributed by atoms with Gasteiger partial charge in [0.15, 0.2) is 5.78 Å². The number of aromatic nitrogens is 1. The topological polar surface area (TPSA) is 30.0 Å². The first-order valence-corrected chi connectivity index (χ1v) is 4.34. The van der Waals surface area contributed by atoms with Crippen LogP contribution in [0.3, 0.4) is 0 Å². The van der Waals surface area contributed by atoms with Crippen LogP contribution in [0.5, 0.6) is 0 Å². The van der Waals surface area contributed by atoms with Gasteiger partial charge in [-0.25, -0.2) is 4.98 Å². The van der Waals surface area contributed by atoms with Crippen LogP contribution in [0.15, 0.2) is 12.3 Å². The monoisotopic (exact) mass is 223 g/mol. The van der Waals surface area contributed by atoms with Crippen LogP contribution < -0.4 is 0 Å². The van der Waals surface area contributed by atoms with Crippen LogP contribution in [0.4, 0.5) is 0 Å². The lowest BCUT2D eigenvalue weighted by molar-refractivity contribution is 0.102. The van der Waals surface area contributed by atoms with Gasteiger partial charge in [-0.15, -0.1) is 11.6 Å². The number of hydrogen-bond donors (Lipinski definition) is 0. The van der Waals surface area contributed by atoms with Gasteiger partial charge in [0.05, 0.1) is 16.5 Å². The van der Waals surface area contributed by atoms with E-state index in [1.54, 1.807) is 0 Å². The maximum absolute atomic E-state index is 11.1. The van der Waals surface area contributed by atoms with Crippen molar-refractivity contribution >= 4 is 40.6 Å². The van der Waals surface area contributed by atoms with E-state index in [1.807, 2.05) is 0 Å². The van der Waals surface area contributed by atoms with Crippen LogP contribution in [0.1, 0.15) is 10.4 Å². The van der Waals surface area contributed by atoms with E-state index >= 15 is 0 Å². The van der Waals surface area contributed by atoms with Crippen LogP contribution in [-0.2, 0) is 0 Å². The molecule has 0 fully saturated rings. The fraction of sp³-hybridized carbons (Fsp3) is 0.143. The largest absolute Gasteiger partial charge is 0.293 e. The molecule has 5 heteroatoms. The van der Waals surface area contributed by atoms with Crippen molar-refractivity contribution in [2.24, 2.45) is 0 Å². The Morgan fingerprint density at radius 2 is 2.17 bits per heavy atom. The highest BCUT2D eigenvalue weighted by molar-refractivity contribution is 6.37. The second-order valence-corrected chi connectivity index (χ2v) is 3.11. The van der Waals surface area contributed by atoms with E-state index in [4.69, 9.17) is 34.8 Å². The zero-order chi connectivity index (χ0) is 9.14. The predicted molar refractivity (Wildman–Crippen MR) is 49.3 cm³/mol. The summed E-state index contributed by atoms with van der Waals surface area (Å²) in [5, 5.41) is 0.498. The molecule has 0 unspecified atom stereocenters. The molecule has 0 amide bonds. The number of pyridine rings is 1. The van der Waals surface area contributed by atoms with Crippen molar-refractivity contribution in [3.05, 3.63) is 28.0 Å². The number of hydrogen-bond acceptors (Lipinski definition) is 2. The first kappa shape index (κ1) is 9.78. The van der Waals surface area contributed by atoms with Gasteiger partial charge in [-0.05, 0) is 6.07 Å². The van der Waals surface area contributed by atoms with E-state index in [-0.39, 0.29) is 22.4 Å². The van der Waals surface area contributed by atoms with Crippen molar-refractivity contribution in [2.45, 2.75) is 0 Å². The molecular weight excluding hydrogens is 220 g/mol. The summed E-state index contributed by atoms with van der Waals surface area (Å²) >= 11 is 16.6. The third-order valence-corrected chi connectivity index (χ3v) is 1.98. The third kappa shape index (κ3) is 2.09. The van der Waals surface area contributed by atoms with Crippen molar-refractivity contribution in [3.8, 4) is 0 Å². The standard InChI is InChI=1S/C7H4Cl3NO/c8-2-6(12)5-1-4(9)3-11-7(5)10/h1,3H,2H2. The molecular formula is C7H4Cl3NO. The molecule has 0 radical (unpaired) electrons. The number of rotatable bonds is 2. The van der Waals surface area contributed by atoms with Gasteiger partial charge in [0.1, 0.15) is 5.15 Å². The minimum Gasteiger partial charge on any atom is -0.293 e. The Labute approximate surface area is 84.5 Å². The Hall–Kier alpha value is -0.310. The van der Waals surface area contributed by atoms with Gasteiger partial charge in [-0.2, -0.15) is 0 Å². The number of Topliss-reactive ketones (excluding diaryl/α,β-unsaturated/α-hetero) is 1. The Balaban J connectivity index is 3.13. The molecule has 0 aliphatic heterocycles. The van der Waals surface area contributed by atoms with Crippen molar-refractivity contribution in [3.63, 3.8) is 0 Å². The smallest absolute Gasteiger partial charge is 0.180 e. The number of halogens is 3. The van der Waals surface area contributed by atoms with Crippen molar-refractivity contribution < 1.29 is 4.79 Å². The second-order valence-electron chi connectivity index (χ2n) is 2.05. The molecule has 1 aromatic heterocycles. The van der Waals surface area contributed by atoms with Crippen LogP contribution in [-0.4, -0.2) is 16.6 Å². The Kier molecular flexibility index (Phi) is 3.32. The van der Waals surface area contributed by atoms with Gasteiger partial charge < -0.3 is 0 Å². The number of alkyl halides is 1. The van der Waals surface area contributed by atoms with Gasteiger partial charge in [0, 0.05) is 6.20 Å². The summed E-state index contributed by atoms with van der Waals surface area (Å²) in [5.74, 6) is -0.404. The molecule has 1 aromatic rings. The molecule has 0 spiro atoms. The first-order chi connectivity index (χ1) is 5.65. The lowest BCUT2D eigenvalue weighted by Gasteiger charge is -1.99. The summed E-state index contributed by atoms with van der Waals surface area (Å²) in [4.78, 5) is 14.8. The number of nitrogens with zero attached hydrogens (tertiary/aromatic N) is 1. The minimum atomic E-state index is -0.281. The number of ketones is 1. The second kappa shape index (κ2) is 4.08. The zero-order valence-corrected chi connectivity index (χ0v) is 8.12. The molecule has 2 nitrogen and oxygen atoms in total. The minimum absolute atomic E-state index is 0.123. The first-order valence-electron chi connectivity index (χ1n) is 3.05. The molecule has 64 valence electrons. The van der Waals surface area contributed by atoms with Crippen LogP contribution in [0, 0.1) is 0 Å². The van der Waals surface area contributed by atoms with E-state index in [0.29, 0.717) is 5.02 Å². The highest BCUT2D eigenvalue weighted by atomic mass is 35.5. The van der Waals surface area contributed by atoms with Gasteiger partial charge >= 0.3 is 0 Å². The lowest BCUT2D eigenvalue weighted by Crippen LogP contribution is -2.02. The molecule has 0 aromatic carbocycles. The van der Waals surface area contributed by atoms with Crippen molar-refractivity contribution in [1.82, 2.24) is 4.98 Å². The van der Waals surface area contributed by atoms with Crippen LogP contribution in [0.25, 0.3) is 0 Å². The van der Waals surface area contributed by atoms with E-state index in [2.05, 4.69) is 4.98 Å². The van der Waals surface area contributed by atoms with Crippen molar-refractivity contribution in [2.75, 3.05) is 5.88 Å². The highest BCUT2D eigenvalue weighted by Crippen LogP contribution is 2.18. The molecule has 1 rings (SSSR count). The molecule has 0 N–H and O–H groups in total. The third-order valence-electron chi connectivity index (χ3n) is 1.23. The summed E-state index contributed by atoms with van der Waals surface area (Å²) < 4.78 is 0. The zero-order valence-electron chi connectivity index (χ0n) is 5.85. The summed E-state index contributed by atoms with van der Waals surface area (Å²) in [6.07, 6.45) is 1.37. The Morgan fingerprint density at radius 1 is 1.50 bits per heavy atom. The predicted octanol–water partition coefficient (Wildman–Crippen LogP) is 2.81. The molecule has 0 saturated heterocycles. The molecule has 12 heavy (non-hydrogen) atoms. The maximum atomic E-state index is 11.1. The summed E-state index contributed by atoms with van der Waals surface area (Å²) in [5.41, 5.74) is 0.263. The summed E-state index contributed by atoms with van der Waals surface area (Å²) in [7, 11) is 0. The lowest BCUT2D eigenvalue weighted by atomic mass is 10.2. The fourth-order valence-electron chi connectivity index (χ4n) is 0.690. The molecule has 0 saturated carbocycles. The summed E-state index contributed by atoms with van der Waals surface area (Å²) in [6.45, 7) is 0. The quantitative estimate of drug-likeness (QED) is 0.439. The number of carbonyl (C=O) groups excluding carboxylic acids is 1. The normalized spacial score (nSPS) is 9.92. The fourth-order valence-corrected chi connectivity index (χ4v) is 1.20. The van der Waals surface area contributed by atoms with Crippen LogP contribution >= 0.6 is 34.8 Å². The average molecular weight is 224 g/mol.